The molecule has 0 aliphatic heterocycles. The Balaban J connectivity index is 2.28. The van der Waals surface area contributed by atoms with Crippen molar-refractivity contribution in [2.75, 3.05) is 5.73 Å². The fraction of sp³-hybridized carbons (Fsp3) is 0.0769. The van der Waals surface area contributed by atoms with Gasteiger partial charge in [-0.2, -0.15) is 0 Å². The highest BCUT2D eigenvalue weighted by Gasteiger charge is 2.19. The van der Waals surface area contributed by atoms with E-state index in [1.165, 1.54) is 23.9 Å². The molecule has 2 aromatic rings. The van der Waals surface area contributed by atoms with Crippen LogP contribution in [0.3, 0.4) is 0 Å². The Morgan fingerprint density at radius 2 is 1.89 bits per heavy atom. The van der Waals surface area contributed by atoms with Crippen LogP contribution in [0.15, 0.2) is 47.4 Å². The van der Waals surface area contributed by atoms with Crippen LogP contribution in [0.1, 0.15) is 5.56 Å². The lowest BCUT2D eigenvalue weighted by atomic mass is 10.2. The maximum atomic E-state index is 11.0. The van der Waals surface area contributed by atoms with Gasteiger partial charge in [-0.15, -0.1) is 11.8 Å². The van der Waals surface area contributed by atoms with E-state index in [2.05, 4.69) is 0 Å². The number of nitrogens with two attached hydrogens (primary N) is 1. The minimum atomic E-state index is -0.446. The van der Waals surface area contributed by atoms with E-state index in [1.54, 1.807) is 0 Å². The smallest absolute Gasteiger partial charge is 0.284 e. The average Bonchev–Trinajstić information content (AvgIpc) is 2.41. The van der Waals surface area contributed by atoms with Gasteiger partial charge in [-0.1, -0.05) is 41.9 Å². The number of hydrogen-bond donors (Lipinski definition) is 1. The Hall–Kier alpha value is -1.72. The first-order chi connectivity index (χ1) is 9.09. The first-order valence-electron chi connectivity index (χ1n) is 5.48. The predicted octanol–water partition coefficient (Wildman–Crippen LogP) is 4.12. The van der Waals surface area contributed by atoms with Crippen molar-refractivity contribution >= 4 is 34.7 Å². The number of anilines is 1. The number of nitro groups is 1. The summed E-state index contributed by atoms with van der Waals surface area (Å²) in [6, 6.07) is 12.5. The van der Waals surface area contributed by atoms with Gasteiger partial charge < -0.3 is 5.73 Å². The van der Waals surface area contributed by atoms with Gasteiger partial charge >= 0.3 is 0 Å². The second-order valence-corrected chi connectivity index (χ2v) is 5.21. The normalized spacial score (nSPS) is 10.4. The molecule has 0 heterocycles. The summed E-state index contributed by atoms with van der Waals surface area (Å²) in [5.74, 6) is 0.602. The van der Waals surface area contributed by atoms with Crippen molar-refractivity contribution in [1.29, 1.82) is 0 Å². The second kappa shape index (κ2) is 5.95. The molecule has 0 bridgehead atoms. The number of nitrogens with zero attached hydrogens (tertiary/aromatic N) is 1. The van der Waals surface area contributed by atoms with E-state index in [9.17, 15) is 10.1 Å². The van der Waals surface area contributed by atoms with E-state index in [0.29, 0.717) is 16.3 Å². The van der Waals surface area contributed by atoms with Crippen molar-refractivity contribution in [3.05, 3.63) is 63.2 Å². The molecule has 0 aliphatic rings. The van der Waals surface area contributed by atoms with Gasteiger partial charge in [0.15, 0.2) is 0 Å². The molecule has 2 rings (SSSR count). The van der Waals surface area contributed by atoms with Crippen molar-refractivity contribution in [3.63, 3.8) is 0 Å². The van der Waals surface area contributed by atoms with Gasteiger partial charge in [0.1, 0.15) is 4.90 Å². The van der Waals surface area contributed by atoms with Crippen LogP contribution in [-0.2, 0) is 5.75 Å². The third-order valence-corrected chi connectivity index (χ3v) is 4.23. The molecule has 19 heavy (non-hydrogen) atoms. The summed E-state index contributed by atoms with van der Waals surface area (Å²) in [5, 5.41) is 11.2. The second-order valence-electron chi connectivity index (χ2n) is 3.85. The van der Waals surface area contributed by atoms with Gasteiger partial charge in [0.05, 0.1) is 15.6 Å². The van der Waals surface area contributed by atoms with Crippen molar-refractivity contribution < 1.29 is 4.92 Å². The molecule has 0 aromatic heterocycles. The molecule has 4 nitrogen and oxygen atoms in total. The molecule has 0 aliphatic carbocycles. The van der Waals surface area contributed by atoms with E-state index >= 15 is 0 Å². The summed E-state index contributed by atoms with van der Waals surface area (Å²) in [4.78, 5) is 11.0. The molecular weight excluding hydrogens is 284 g/mol. The highest BCUT2D eigenvalue weighted by molar-refractivity contribution is 7.98. The van der Waals surface area contributed by atoms with Gasteiger partial charge in [0, 0.05) is 11.8 Å². The summed E-state index contributed by atoms with van der Waals surface area (Å²) in [6.07, 6.45) is 0. The van der Waals surface area contributed by atoms with E-state index in [-0.39, 0.29) is 10.7 Å². The number of nitro benzene ring substituents is 1. The topological polar surface area (TPSA) is 69.2 Å². The maximum Gasteiger partial charge on any atom is 0.284 e. The SMILES string of the molecule is Nc1ccc([N+](=O)[O-])c(SCc2ccccc2)c1Cl. The van der Waals surface area contributed by atoms with Crippen LogP contribution in [0, 0.1) is 10.1 Å². The zero-order valence-corrected chi connectivity index (χ0v) is 11.4. The monoisotopic (exact) mass is 294 g/mol. The number of halogens is 1. The van der Waals surface area contributed by atoms with Crippen LogP contribution in [-0.4, -0.2) is 4.92 Å². The zero-order chi connectivity index (χ0) is 13.8. The van der Waals surface area contributed by atoms with E-state index in [1.807, 2.05) is 30.3 Å². The van der Waals surface area contributed by atoms with Crippen LogP contribution in [0.4, 0.5) is 11.4 Å². The molecule has 0 fully saturated rings. The number of thioether (sulfide) groups is 1. The highest BCUT2D eigenvalue weighted by Crippen LogP contribution is 2.40. The van der Waals surface area contributed by atoms with Crippen molar-refractivity contribution in [2.45, 2.75) is 10.6 Å². The van der Waals surface area contributed by atoms with Crippen molar-refractivity contribution in [1.82, 2.24) is 0 Å². The van der Waals surface area contributed by atoms with Crippen LogP contribution in [0.5, 0.6) is 0 Å². The lowest BCUT2D eigenvalue weighted by Crippen LogP contribution is -1.95. The Morgan fingerprint density at radius 1 is 1.21 bits per heavy atom. The molecule has 6 heteroatoms. The van der Waals surface area contributed by atoms with Crippen LogP contribution in [0.25, 0.3) is 0 Å². The van der Waals surface area contributed by atoms with E-state index in [4.69, 9.17) is 17.3 Å². The van der Waals surface area contributed by atoms with E-state index in [0.717, 1.165) is 5.56 Å². The lowest BCUT2D eigenvalue weighted by Gasteiger charge is -2.07. The molecular formula is C13H11ClN2O2S. The number of nitrogen functional groups attached to an aromatic ring is 1. The van der Waals surface area contributed by atoms with Crippen LogP contribution in [0.2, 0.25) is 5.02 Å². The molecule has 2 N–H and O–H groups in total. The molecule has 0 spiro atoms. The van der Waals surface area contributed by atoms with Gasteiger partial charge in [0.25, 0.3) is 5.69 Å². The lowest BCUT2D eigenvalue weighted by molar-refractivity contribution is -0.387. The number of benzene rings is 2. The Bertz CT molecular complexity index is 605. The summed E-state index contributed by atoms with van der Waals surface area (Å²) >= 11 is 7.37. The van der Waals surface area contributed by atoms with Gasteiger partial charge in [-0.25, -0.2) is 0 Å². The van der Waals surface area contributed by atoms with Crippen LogP contribution < -0.4 is 5.73 Å². The number of hydrogen-bond acceptors (Lipinski definition) is 4. The largest absolute Gasteiger partial charge is 0.397 e. The molecule has 2 aromatic carbocycles. The summed E-state index contributed by atoms with van der Waals surface area (Å²) in [7, 11) is 0. The van der Waals surface area contributed by atoms with Gasteiger partial charge in [0.2, 0.25) is 0 Å². The Morgan fingerprint density at radius 3 is 2.53 bits per heavy atom. The predicted molar refractivity (Wildman–Crippen MR) is 78.5 cm³/mol. The molecule has 0 unspecified atom stereocenters. The minimum absolute atomic E-state index is 0.0138. The standard InChI is InChI=1S/C13H11ClN2O2S/c14-12-10(15)6-7-11(16(17)18)13(12)19-8-9-4-2-1-3-5-9/h1-7H,8,15H2. The quantitative estimate of drug-likeness (QED) is 0.398. The zero-order valence-electron chi connectivity index (χ0n) is 9.88. The molecule has 0 saturated heterocycles. The Kier molecular flexibility index (Phi) is 4.29. The Labute approximate surface area is 119 Å². The summed E-state index contributed by atoms with van der Waals surface area (Å²) in [6.45, 7) is 0. The molecule has 0 radical (unpaired) electrons. The fourth-order valence-electron chi connectivity index (χ4n) is 1.57. The third-order valence-electron chi connectivity index (χ3n) is 2.53. The number of rotatable bonds is 4. The molecule has 0 amide bonds. The van der Waals surface area contributed by atoms with Crippen LogP contribution >= 0.6 is 23.4 Å². The highest BCUT2D eigenvalue weighted by atomic mass is 35.5. The summed E-state index contributed by atoms with van der Waals surface area (Å²) in [5.41, 5.74) is 7.10. The minimum Gasteiger partial charge on any atom is -0.397 e. The maximum absolute atomic E-state index is 11.0. The molecule has 0 atom stereocenters. The van der Waals surface area contributed by atoms with Gasteiger partial charge in [-0.3, -0.25) is 10.1 Å². The van der Waals surface area contributed by atoms with E-state index < -0.39 is 4.92 Å². The van der Waals surface area contributed by atoms with Crippen molar-refractivity contribution in [3.8, 4) is 0 Å². The fourth-order valence-corrected chi connectivity index (χ4v) is 2.93. The molecule has 0 saturated carbocycles. The molecule has 98 valence electrons. The summed E-state index contributed by atoms with van der Waals surface area (Å²) < 4.78 is 0. The van der Waals surface area contributed by atoms with Gasteiger partial charge in [-0.05, 0) is 11.6 Å². The first kappa shape index (κ1) is 13.7. The average molecular weight is 295 g/mol. The van der Waals surface area contributed by atoms with Crippen molar-refractivity contribution in [2.24, 2.45) is 0 Å². The first-order valence-corrected chi connectivity index (χ1v) is 6.85. The third kappa shape index (κ3) is 3.19.